The molecule has 0 unspecified atom stereocenters. The number of hydrogen-bond acceptors (Lipinski definition) is 3. The molecule has 39 heavy (non-hydrogen) atoms. The number of halogens is 1. The second-order valence-corrected chi connectivity index (χ2v) is 11.0. The summed E-state index contributed by atoms with van der Waals surface area (Å²) in [5, 5.41) is 6.37. The molecule has 0 spiro atoms. The lowest BCUT2D eigenvalue weighted by atomic mass is 10.1. The quantitative estimate of drug-likeness (QED) is 0.142. The Labute approximate surface area is 246 Å². The summed E-state index contributed by atoms with van der Waals surface area (Å²) in [5.74, 6) is 0.792. The van der Waals surface area contributed by atoms with Crippen molar-refractivity contribution in [2.45, 2.75) is 104 Å². The first-order valence-electron chi connectivity index (χ1n) is 14.8. The Kier molecular flexibility index (Phi) is 16.5. The number of carbonyl (C=O) groups is 1. The van der Waals surface area contributed by atoms with Crippen LogP contribution >= 0.6 is 11.3 Å². The van der Waals surface area contributed by atoms with Crippen LogP contribution in [0.2, 0.25) is 0 Å². The Balaban J connectivity index is 0.00000533. The zero-order chi connectivity index (χ0) is 26.8. The van der Waals surface area contributed by atoms with Crippen molar-refractivity contribution in [1.82, 2.24) is 0 Å². The van der Waals surface area contributed by atoms with E-state index in [1.54, 1.807) is 11.3 Å². The fraction of sp³-hybridized carbons (Fsp3) is 0.515. The summed E-state index contributed by atoms with van der Waals surface area (Å²) in [5.41, 5.74) is 2.87. The van der Waals surface area contributed by atoms with Gasteiger partial charge in [-0.05, 0) is 37.6 Å². The molecule has 1 aromatic heterocycles. The monoisotopic (exact) mass is 570 g/mol. The summed E-state index contributed by atoms with van der Waals surface area (Å²) in [6.45, 7) is 6.04. The van der Waals surface area contributed by atoms with Crippen molar-refractivity contribution < 1.29 is 26.5 Å². The number of anilines is 1. The topological polar surface area (TPSA) is 42.2 Å². The van der Waals surface area contributed by atoms with Gasteiger partial charge in [0.25, 0.3) is 5.01 Å². The molecule has 0 saturated heterocycles. The van der Waals surface area contributed by atoms with Crippen LogP contribution in [0.5, 0.6) is 5.75 Å². The van der Waals surface area contributed by atoms with Gasteiger partial charge in [0.15, 0.2) is 6.20 Å². The summed E-state index contributed by atoms with van der Waals surface area (Å²) in [4.78, 5) is 12.9. The fourth-order valence-corrected chi connectivity index (χ4v) is 5.74. The summed E-state index contributed by atoms with van der Waals surface area (Å²) >= 11 is 1.71. The zero-order valence-corrected chi connectivity index (χ0v) is 25.5. The number of rotatable bonds is 19. The molecule has 0 radical (unpaired) electrons. The van der Waals surface area contributed by atoms with E-state index in [1.165, 1.54) is 75.6 Å². The van der Waals surface area contributed by atoms with Gasteiger partial charge in [0.1, 0.15) is 12.3 Å². The van der Waals surface area contributed by atoms with E-state index in [-0.39, 0.29) is 18.3 Å². The number of unbranched alkanes of at least 4 members (excludes halogenated alkanes) is 11. The minimum atomic E-state index is -0.0295. The number of benzene rings is 2. The molecule has 0 aliphatic rings. The highest BCUT2D eigenvalue weighted by molar-refractivity contribution is 7.12. The van der Waals surface area contributed by atoms with Gasteiger partial charge in [0.2, 0.25) is 5.91 Å². The third-order valence-corrected chi connectivity index (χ3v) is 7.95. The minimum absolute atomic E-state index is 0. The van der Waals surface area contributed by atoms with Crippen LogP contribution in [-0.4, -0.2) is 12.5 Å². The molecule has 0 bridgehead atoms. The van der Waals surface area contributed by atoms with Crippen molar-refractivity contribution >= 4 is 22.9 Å². The smallest absolute Gasteiger partial charge is 0.269 e. The maximum absolute atomic E-state index is 12.9. The lowest BCUT2D eigenvalue weighted by Crippen LogP contribution is -3.00. The van der Waals surface area contributed by atoms with E-state index in [9.17, 15) is 4.79 Å². The van der Waals surface area contributed by atoms with Gasteiger partial charge in [-0.2, -0.15) is 4.57 Å². The summed E-state index contributed by atoms with van der Waals surface area (Å²) in [6.07, 6.45) is 18.4. The van der Waals surface area contributed by atoms with Gasteiger partial charge in [0.05, 0.1) is 24.0 Å². The number of carbonyl (C=O) groups excluding carboxylic acids is 1. The van der Waals surface area contributed by atoms with E-state index in [0.717, 1.165) is 35.5 Å². The molecule has 0 fully saturated rings. The minimum Gasteiger partial charge on any atom is -1.00 e. The average molecular weight is 571 g/mol. The largest absolute Gasteiger partial charge is 1.00 e. The number of nitrogens with zero attached hydrogens (tertiary/aromatic N) is 1. The van der Waals surface area contributed by atoms with E-state index >= 15 is 0 Å². The van der Waals surface area contributed by atoms with E-state index in [0.29, 0.717) is 13.0 Å². The first kappa shape index (κ1) is 32.8. The molecule has 0 atom stereocenters. The standard InChI is InChI=1S/C33H46N2O2S.ClH/c1-3-5-6-7-8-9-10-11-12-13-14-17-24-37-31-22-16-15-19-28(31)27-32(36)34-30-21-18-20-29(26-30)33-35(4-2)23-25-38-33;/h15-16,18-23,25-26H,3-14,17,24,27H2,1-2H3;1H. The number of thiazole rings is 1. The highest BCUT2D eigenvalue weighted by Crippen LogP contribution is 2.24. The Hall–Kier alpha value is -2.37. The number of para-hydroxylation sites is 1. The number of hydrogen-bond donors (Lipinski definition) is 1. The van der Waals surface area contributed by atoms with Crippen molar-refractivity contribution in [3.05, 3.63) is 65.7 Å². The molecular weight excluding hydrogens is 524 g/mol. The molecule has 0 aliphatic heterocycles. The van der Waals surface area contributed by atoms with Gasteiger partial charge >= 0.3 is 0 Å². The highest BCUT2D eigenvalue weighted by atomic mass is 35.5. The van der Waals surface area contributed by atoms with Crippen LogP contribution in [0, 0.1) is 0 Å². The van der Waals surface area contributed by atoms with Crippen LogP contribution < -0.4 is 27.0 Å². The van der Waals surface area contributed by atoms with Gasteiger partial charge in [-0.25, -0.2) is 0 Å². The van der Waals surface area contributed by atoms with Crippen molar-refractivity contribution in [2.24, 2.45) is 0 Å². The molecule has 0 aliphatic carbocycles. The van der Waals surface area contributed by atoms with Gasteiger partial charge < -0.3 is 22.5 Å². The average Bonchev–Trinajstić information content (AvgIpc) is 3.41. The van der Waals surface area contributed by atoms with Crippen LogP contribution in [0.4, 0.5) is 5.69 Å². The first-order chi connectivity index (χ1) is 18.7. The van der Waals surface area contributed by atoms with Crippen LogP contribution in [0.15, 0.2) is 60.1 Å². The Morgan fingerprint density at radius 1 is 0.846 bits per heavy atom. The number of ether oxygens (including phenoxy) is 1. The Morgan fingerprint density at radius 2 is 1.51 bits per heavy atom. The second-order valence-electron chi connectivity index (χ2n) is 10.1. The van der Waals surface area contributed by atoms with Crippen LogP contribution in [0.1, 0.15) is 96.5 Å². The second kappa shape index (κ2) is 19.7. The third-order valence-electron chi connectivity index (χ3n) is 6.99. The molecule has 3 rings (SSSR count). The van der Waals surface area contributed by atoms with E-state index in [2.05, 4.69) is 41.4 Å². The maximum Gasteiger partial charge on any atom is 0.269 e. The molecule has 4 nitrogen and oxygen atoms in total. The molecule has 2 aromatic carbocycles. The number of aromatic nitrogens is 1. The van der Waals surface area contributed by atoms with Gasteiger partial charge in [-0.1, -0.05) is 113 Å². The van der Waals surface area contributed by atoms with Crippen molar-refractivity contribution in [3.8, 4) is 16.3 Å². The van der Waals surface area contributed by atoms with E-state index in [1.807, 2.05) is 42.5 Å². The Bertz CT molecular complexity index is 1080. The van der Waals surface area contributed by atoms with Gasteiger partial charge in [0, 0.05) is 11.3 Å². The normalized spacial score (nSPS) is 10.7. The van der Waals surface area contributed by atoms with E-state index < -0.39 is 0 Å². The summed E-state index contributed by atoms with van der Waals surface area (Å²) in [7, 11) is 0. The molecular formula is C33H47ClN2O2S. The molecule has 1 N–H and O–H groups in total. The van der Waals surface area contributed by atoms with Gasteiger partial charge in [-0.15, -0.1) is 0 Å². The molecule has 6 heteroatoms. The molecule has 214 valence electrons. The van der Waals surface area contributed by atoms with E-state index in [4.69, 9.17) is 4.74 Å². The SMILES string of the molecule is CCCCCCCCCCCCCCOc1ccccc1CC(=O)Nc1cccc(-c2scc[n+]2CC)c1.[Cl-]. The number of nitrogens with one attached hydrogen (secondary N) is 1. The third kappa shape index (κ3) is 12.1. The first-order valence-corrected chi connectivity index (χ1v) is 15.7. The molecule has 3 aromatic rings. The summed E-state index contributed by atoms with van der Waals surface area (Å²) < 4.78 is 8.31. The van der Waals surface area contributed by atoms with Crippen molar-refractivity contribution in [1.29, 1.82) is 0 Å². The lowest BCUT2D eigenvalue weighted by molar-refractivity contribution is -0.678. The van der Waals surface area contributed by atoms with Gasteiger partial charge in [-0.3, -0.25) is 4.79 Å². The number of aryl methyl sites for hydroxylation is 1. The Morgan fingerprint density at radius 3 is 2.21 bits per heavy atom. The summed E-state index contributed by atoms with van der Waals surface area (Å²) in [6, 6.07) is 16.0. The molecule has 1 amide bonds. The zero-order valence-electron chi connectivity index (χ0n) is 23.9. The predicted octanol–water partition coefficient (Wildman–Crippen LogP) is 5.99. The van der Waals surface area contributed by atoms with Crippen molar-refractivity contribution in [3.63, 3.8) is 0 Å². The maximum atomic E-state index is 12.9. The van der Waals surface area contributed by atoms with Crippen LogP contribution in [0.3, 0.4) is 0 Å². The van der Waals surface area contributed by atoms with Crippen molar-refractivity contribution in [2.75, 3.05) is 11.9 Å². The fourth-order valence-electron chi connectivity index (χ4n) is 4.81. The predicted molar refractivity (Wildman–Crippen MR) is 161 cm³/mol. The van der Waals surface area contributed by atoms with Crippen LogP contribution in [0.25, 0.3) is 10.6 Å². The molecule has 1 heterocycles. The highest BCUT2D eigenvalue weighted by Gasteiger charge is 2.15. The lowest BCUT2D eigenvalue weighted by Gasteiger charge is -2.12. The molecule has 0 saturated carbocycles. The van der Waals surface area contributed by atoms with Crippen LogP contribution in [-0.2, 0) is 17.8 Å². The number of amides is 1.